The molecule has 10 nitrogen and oxygen atoms in total. The zero-order chi connectivity index (χ0) is 23.4. The van der Waals surface area contributed by atoms with E-state index in [1.165, 1.54) is 7.11 Å². The van der Waals surface area contributed by atoms with Crippen LogP contribution < -0.4 is 4.74 Å². The molecule has 0 radical (unpaired) electrons. The van der Waals surface area contributed by atoms with Crippen molar-refractivity contribution < 1.29 is 19.1 Å². The predicted molar refractivity (Wildman–Crippen MR) is 118 cm³/mol. The number of Topliss-reactive ketones (excluding diaryl/α,β-unsaturated/α-hetero) is 1. The monoisotopic (exact) mass is 442 g/mol. The average Bonchev–Trinajstić information content (AvgIpc) is 3.29. The lowest BCUT2D eigenvalue weighted by atomic mass is 10.1. The molecule has 0 aliphatic heterocycles. The number of azo groups is 1. The molecule has 0 saturated heterocycles. The number of fused-ring (bicyclic) bond motifs is 3. The number of rotatable bonds is 7. The third-order valence-electron chi connectivity index (χ3n) is 4.84. The van der Waals surface area contributed by atoms with Gasteiger partial charge in [-0.3, -0.25) is 9.20 Å². The normalized spacial score (nSPS) is 12.0. The molecule has 1 unspecified atom stereocenters. The number of esters is 1. The average molecular weight is 442 g/mol. The molecule has 0 spiro atoms. The fraction of sp³-hybridized carbons (Fsp3) is 0.174. The Kier molecular flexibility index (Phi) is 6.04. The van der Waals surface area contributed by atoms with E-state index in [2.05, 4.69) is 20.4 Å². The Balaban J connectivity index is 1.68. The van der Waals surface area contributed by atoms with Crippen molar-refractivity contribution in [2.45, 2.75) is 13.0 Å². The molecule has 0 aliphatic carbocycles. The number of nitriles is 1. The maximum atomic E-state index is 12.6. The Labute approximate surface area is 188 Å². The van der Waals surface area contributed by atoms with E-state index >= 15 is 0 Å². The van der Waals surface area contributed by atoms with Gasteiger partial charge in [0.2, 0.25) is 11.8 Å². The summed E-state index contributed by atoms with van der Waals surface area (Å²) in [6.07, 6.45) is 0. The van der Waals surface area contributed by atoms with Crippen molar-refractivity contribution >= 4 is 34.1 Å². The first kappa shape index (κ1) is 21.6. The molecule has 1 atom stereocenters. The summed E-state index contributed by atoms with van der Waals surface area (Å²) in [4.78, 5) is 25.0. The largest absolute Gasteiger partial charge is 0.497 e. The molecule has 2 heterocycles. The highest BCUT2D eigenvalue weighted by molar-refractivity contribution is 6.02. The summed E-state index contributed by atoms with van der Waals surface area (Å²) in [5.41, 5.74) is 2.54. The lowest BCUT2D eigenvalue weighted by Crippen LogP contribution is -2.16. The molecule has 0 aliphatic rings. The van der Waals surface area contributed by atoms with Crippen LogP contribution in [0.2, 0.25) is 0 Å². The van der Waals surface area contributed by atoms with E-state index in [9.17, 15) is 14.9 Å². The number of hydrogen-bond acceptors (Lipinski definition) is 9. The van der Waals surface area contributed by atoms with E-state index < -0.39 is 17.8 Å². The number of carbonyl (C=O) groups is 2. The van der Waals surface area contributed by atoms with Crippen LogP contribution in [-0.4, -0.2) is 46.1 Å². The molecule has 4 rings (SSSR count). The van der Waals surface area contributed by atoms with Crippen LogP contribution in [-0.2, 0) is 4.74 Å². The van der Waals surface area contributed by atoms with Crippen molar-refractivity contribution in [1.29, 1.82) is 5.26 Å². The summed E-state index contributed by atoms with van der Waals surface area (Å²) in [5.74, 6) is -0.374. The van der Waals surface area contributed by atoms with E-state index in [4.69, 9.17) is 9.47 Å². The number of methoxy groups -OCH3 is 1. The summed E-state index contributed by atoms with van der Waals surface area (Å²) in [6, 6.07) is 15.2. The highest BCUT2D eigenvalue weighted by Gasteiger charge is 2.20. The van der Waals surface area contributed by atoms with Gasteiger partial charge in [0.1, 0.15) is 17.0 Å². The molecule has 0 fully saturated rings. The van der Waals surface area contributed by atoms with E-state index in [0.29, 0.717) is 39.4 Å². The second kappa shape index (κ2) is 9.23. The van der Waals surface area contributed by atoms with Crippen molar-refractivity contribution in [2.24, 2.45) is 10.2 Å². The molecular weight excluding hydrogens is 424 g/mol. The third kappa shape index (κ3) is 4.24. The third-order valence-corrected chi connectivity index (χ3v) is 4.84. The van der Waals surface area contributed by atoms with Gasteiger partial charge in [-0.15, -0.1) is 10.2 Å². The van der Waals surface area contributed by atoms with E-state index in [1.54, 1.807) is 65.9 Å². The van der Waals surface area contributed by atoms with Crippen LogP contribution >= 0.6 is 0 Å². The molecule has 2 aromatic heterocycles. The number of hydrogen-bond donors (Lipinski definition) is 0. The first-order valence-corrected chi connectivity index (χ1v) is 9.99. The lowest BCUT2D eigenvalue weighted by molar-refractivity contribution is 0.0518. The van der Waals surface area contributed by atoms with Gasteiger partial charge in [-0.2, -0.15) is 15.5 Å². The van der Waals surface area contributed by atoms with Crippen LogP contribution in [0.1, 0.15) is 27.8 Å². The Hall–Kier alpha value is -4.65. The number of ether oxygens (including phenoxy) is 2. The number of ketones is 1. The summed E-state index contributed by atoms with van der Waals surface area (Å²) in [5, 5.41) is 25.7. The summed E-state index contributed by atoms with van der Waals surface area (Å²) in [7, 11) is 1.52. The number of carbonyl (C=O) groups excluding carboxylic acids is 2. The molecule has 0 amide bonds. The second-order valence-electron chi connectivity index (χ2n) is 6.85. The van der Waals surface area contributed by atoms with Crippen molar-refractivity contribution in [2.75, 3.05) is 13.7 Å². The maximum absolute atomic E-state index is 12.6. The molecule has 33 heavy (non-hydrogen) atoms. The molecular formula is C23H18N6O4. The molecule has 10 heteroatoms. The quantitative estimate of drug-likeness (QED) is 0.241. The van der Waals surface area contributed by atoms with Gasteiger partial charge in [0.15, 0.2) is 5.65 Å². The van der Waals surface area contributed by atoms with Crippen LogP contribution in [0.5, 0.6) is 5.75 Å². The molecule has 2 aromatic carbocycles. The van der Waals surface area contributed by atoms with Gasteiger partial charge in [-0.25, -0.2) is 4.79 Å². The standard InChI is InChI=1S/C23H18N6O4/c1-3-33-23(31)19-10-11-21-28-26-17-9-6-15(12-20(17)29(19)21)25-27-18(13-24)22(30)14-4-7-16(32-2)8-5-14/h4-12,18H,3H2,1-2H3. The van der Waals surface area contributed by atoms with Crippen molar-refractivity contribution in [1.82, 2.24) is 14.6 Å². The molecule has 164 valence electrons. The van der Waals surface area contributed by atoms with Crippen LogP contribution in [0.3, 0.4) is 0 Å². The van der Waals surface area contributed by atoms with E-state index in [1.807, 2.05) is 6.07 Å². The van der Waals surface area contributed by atoms with E-state index in [0.717, 1.165) is 0 Å². The Morgan fingerprint density at radius 3 is 2.61 bits per heavy atom. The first-order chi connectivity index (χ1) is 16.0. The fourth-order valence-electron chi connectivity index (χ4n) is 3.24. The van der Waals surface area contributed by atoms with Crippen molar-refractivity contribution in [3.63, 3.8) is 0 Å². The molecule has 0 saturated carbocycles. The van der Waals surface area contributed by atoms with E-state index in [-0.39, 0.29) is 6.61 Å². The van der Waals surface area contributed by atoms with Gasteiger partial charge in [0.05, 0.1) is 31.0 Å². The topological polar surface area (TPSA) is 131 Å². The van der Waals surface area contributed by atoms with Crippen LogP contribution in [0.25, 0.3) is 16.7 Å². The van der Waals surface area contributed by atoms with Crippen LogP contribution in [0.15, 0.2) is 64.8 Å². The molecule has 4 aromatic rings. The first-order valence-electron chi connectivity index (χ1n) is 9.99. The smallest absolute Gasteiger partial charge is 0.355 e. The van der Waals surface area contributed by atoms with Gasteiger partial charge in [0, 0.05) is 5.56 Å². The van der Waals surface area contributed by atoms with Gasteiger partial charge in [0.25, 0.3) is 0 Å². The number of benzene rings is 2. The minimum Gasteiger partial charge on any atom is -0.497 e. The van der Waals surface area contributed by atoms with Gasteiger partial charge < -0.3 is 9.47 Å². The summed E-state index contributed by atoms with van der Waals surface area (Å²) < 4.78 is 11.8. The summed E-state index contributed by atoms with van der Waals surface area (Å²) in [6.45, 7) is 1.96. The lowest BCUT2D eigenvalue weighted by Gasteiger charge is -2.07. The van der Waals surface area contributed by atoms with Crippen molar-refractivity contribution in [3.05, 3.63) is 65.9 Å². The SMILES string of the molecule is CCOC(=O)c1ccc2nnc3ccc(N=NC(C#N)C(=O)c4ccc(OC)cc4)cc3n12. The van der Waals surface area contributed by atoms with Gasteiger partial charge in [-0.05, 0) is 61.5 Å². The zero-order valence-electron chi connectivity index (χ0n) is 17.8. The summed E-state index contributed by atoms with van der Waals surface area (Å²) >= 11 is 0. The highest BCUT2D eigenvalue weighted by atomic mass is 16.5. The minimum atomic E-state index is -1.31. The number of nitrogens with zero attached hydrogens (tertiary/aromatic N) is 6. The molecule has 0 N–H and O–H groups in total. The fourth-order valence-corrected chi connectivity index (χ4v) is 3.24. The van der Waals surface area contributed by atoms with Gasteiger partial charge >= 0.3 is 5.97 Å². The molecule has 0 bridgehead atoms. The second-order valence-corrected chi connectivity index (χ2v) is 6.85. The Morgan fingerprint density at radius 2 is 1.91 bits per heavy atom. The Morgan fingerprint density at radius 1 is 1.12 bits per heavy atom. The van der Waals surface area contributed by atoms with Crippen LogP contribution in [0, 0.1) is 11.3 Å². The van der Waals surface area contributed by atoms with Crippen LogP contribution in [0.4, 0.5) is 5.69 Å². The highest BCUT2D eigenvalue weighted by Crippen LogP contribution is 2.23. The number of aromatic nitrogens is 3. The predicted octanol–water partition coefficient (Wildman–Crippen LogP) is 3.93. The Bertz CT molecular complexity index is 1420. The maximum Gasteiger partial charge on any atom is 0.355 e. The van der Waals surface area contributed by atoms with Gasteiger partial charge in [-0.1, -0.05) is 0 Å². The minimum absolute atomic E-state index is 0.236. The zero-order valence-corrected chi connectivity index (χ0v) is 17.8. The van der Waals surface area contributed by atoms with Crippen molar-refractivity contribution in [3.8, 4) is 11.8 Å².